The van der Waals surface area contributed by atoms with Gasteiger partial charge in [0.25, 0.3) is 0 Å². The molecule has 0 fully saturated rings. The summed E-state index contributed by atoms with van der Waals surface area (Å²) < 4.78 is 2.10. The molecule has 0 aliphatic rings. The normalized spacial score (nSPS) is 10.7. The summed E-state index contributed by atoms with van der Waals surface area (Å²) in [6.07, 6.45) is 2.95. The Bertz CT molecular complexity index is 412. The van der Waals surface area contributed by atoms with Crippen LogP contribution in [0.5, 0.6) is 0 Å². The molecule has 0 spiro atoms. The van der Waals surface area contributed by atoms with E-state index in [0.29, 0.717) is 6.54 Å². The molecule has 0 bridgehead atoms. The Morgan fingerprint density at radius 1 is 1.36 bits per heavy atom. The molecule has 0 atom stereocenters. The summed E-state index contributed by atoms with van der Waals surface area (Å²) in [6, 6.07) is 8.33. The molecule has 2 aromatic rings. The molecule has 74 valence electrons. The van der Waals surface area contributed by atoms with Crippen LogP contribution < -0.4 is 5.73 Å². The molecular formula is C11H15N3. The lowest BCUT2D eigenvalue weighted by atomic mass is 10.3. The Kier molecular flexibility index (Phi) is 2.41. The van der Waals surface area contributed by atoms with Crippen LogP contribution in [0.15, 0.2) is 30.5 Å². The SMILES string of the molecule is Cn1cccc1-c1ccc(CCN)[nH]1. The number of H-pyrrole nitrogens is 1. The molecule has 3 heteroatoms. The molecule has 0 saturated heterocycles. The van der Waals surface area contributed by atoms with Crippen molar-refractivity contribution in [2.75, 3.05) is 6.54 Å². The van der Waals surface area contributed by atoms with Crippen LogP contribution in [0.3, 0.4) is 0 Å². The Labute approximate surface area is 83.6 Å². The van der Waals surface area contributed by atoms with E-state index >= 15 is 0 Å². The van der Waals surface area contributed by atoms with Crippen molar-refractivity contribution in [3.05, 3.63) is 36.2 Å². The summed E-state index contributed by atoms with van der Waals surface area (Å²) in [7, 11) is 2.04. The van der Waals surface area contributed by atoms with Gasteiger partial charge in [-0.15, -0.1) is 0 Å². The molecule has 14 heavy (non-hydrogen) atoms. The van der Waals surface area contributed by atoms with Crippen molar-refractivity contribution < 1.29 is 0 Å². The second kappa shape index (κ2) is 3.72. The quantitative estimate of drug-likeness (QED) is 0.755. The minimum atomic E-state index is 0.688. The average Bonchev–Trinajstić information content (AvgIpc) is 2.74. The number of nitrogens with two attached hydrogens (primary N) is 1. The predicted molar refractivity (Wildman–Crippen MR) is 58.0 cm³/mol. The lowest BCUT2D eigenvalue weighted by Gasteiger charge is -2.00. The van der Waals surface area contributed by atoms with E-state index in [2.05, 4.69) is 27.8 Å². The number of hydrogen-bond acceptors (Lipinski definition) is 1. The van der Waals surface area contributed by atoms with E-state index in [1.165, 1.54) is 11.4 Å². The Morgan fingerprint density at radius 2 is 2.21 bits per heavy atom. The van der Waals surface area contributed by atoms with Gasteiger partial charge in [-0.05, 0) is 37.2 Å². The van der Waals surface area contributed by atoms with Crippen molar-refractivity contribution in [1.82, 2.24) is 9.55 Å². The lowest BCUT2D eigenvalue weighted by molar-refractivity contribution is 0.917. The third-order valence-corrected chi connectivity index (χ3v) is 2.38. The fraction of sp³-hybridized carbons (Fsp3) is 0.273. The highest BCUT2D eigenvalue weighted by Gasteiger charge is 2.03. The molecule has 0 aromatic carbocycles. The average molecular weight is 189 g/mol. The van der Waals surface area contributed by atoms with E-state index in [1.54, 1.807) is 0 Å². The summed E-state index contributed by atoms with van der Waals surface area (Å²) in [5.41, 5.74) is 9.05. The van der Waals surface area contributed by atoms with Gasteiger partial charge in [-0.25, -0.2) is 0 Å². The second-order valence-corrected chi connectivity index (χ2v) is 3.44. The zero-order chi connectivity index (χ0) is 9.97. The third kappa shape index (κ3) is 1.59. The maximum atomic E-state index is 5.49. The number of nitrogens with zero attached hydrogens (tertiary/aromatic N) is 1. The van der Waals surface area contributed by atoms with Crippen LogP contribution in [0.4, 0.5) is 0 Å². The minimum absolute atomic E-state index is 0.688. The van der Waals surface area contributed by atoms with Gasteiger partial charge in [0.05, 0.1) is 11.4 Å². The highest BCUT2D eigenvalue weighted by atomic mass is 14.9. The van der Waals surface area contributed by atoms with Gasteiger partial charge in [-0.1, -0.05) is 0 Å². The number of nitrogens with one attached hydrogen (secondary N) is 1. The molecule has 2 rings (SSSR count). The van der Waals surface area contributed by atoms with Crippen molar-refractivity contribution in [3.8, 4) is 11.4 Å². The first-order chi connectivity index (χ1) is 6.81. The van der Waals surface area contributed by atoms with Gasteiger partial charge in [-0.2, -0.15) is 0 Å². The maximum absolute atomic E-state index is 5.49. The maximum Gasteiger partial charge on any atom is 0.0643 e. The van der Waals surface area contributed by atoms with Gasteiger partial charge in [0.15, 0.2) is 0 Å². The number of aromatic nitrogens is 2. The van der Waals surface area contributed by atoms with Gasteiger partial charge in [0.2, 0.25) is 0 Å². The van der Waals surface area contributed by atoms with Crippen LogP contribution in [0.1, 0.15) is 5.69 Å². The van der Waals surface area contributed by atoms with E-state index in [-0.39, 0.29) is 0 Å². The Morgan fingerprint density at radius 3 is 2.86 bits per heavy atom. The van der Waals surface area contributed by atoms with Crippen LogP contribution in [0.25, 0.3) is 11.4 Å². The fourth-order valence-corrected chi connectivity index (χ4v) is 1.63. The largest absolute Gasteiger partial charge is 0.357 e. The van der Waals surface area contributed by atoms with Gasteiger partial charge in [-0.3, -0.25) is 0 Å². The molecule has 0 aliphatic carbocycles. The lowest BCUT2D eigenvalue weighted by Crippen LogP contribution is -2.02. The molecule has 3 nitrogen and oxygen atoms in total. The third-order valence-electron chi connectivity index (χ3n) is 2.38. The van der Waals surface area contributed by atoms with E-state index in [0.717, 1.165) is 12.1 Å². The van der Waals surface area contributed by atoms with E-state index in [1.807, 2.05) is 19.3 Å². The summed E-state index contributed by atoms with van der Waals surface area (Å²) >= 11 is 0. The first-order valence-corrected chi connectivity index (χ1v) is 4.81. The van der Waals surface area contributed by atoms with Crippen molar-refractivity contribution in [2.45, 2.75) is 6.42 Å². The number of aryl methyl sites for hydroxylation is 1. The zero-order valence-electron chi connectivity index (χ0n) is 8.33. The fourth-order valence-electron chi connectivity index (χ4n) is 1.63. The number of aromatic amines is 1. The first kappa shape index (κ1) is 9.09. The van der Waals surface area contributed by atoms with Gasteiger partial charge < -0.3 is 15.3 Å². The van der Waals surface area contributed by atoms with E-state index in [4.69, 9.17) is 5.73 Å². The molecule has 0 unspecified atom stereocenters. The summed E-state index contributed by atoms with van der Waals surface area (Å²) in [4.78, 5) is 3.36. The standard InChI is InChI=1S/C11H15N3/c1-14-8-2-3-11(14)10-5-4-9(13-10)6-7-12/h2-5,8,13H,6-7,12H2,1H3. The van der Waals surface area contributed by atoms with Crippen LogP contribution in [-0.4, -0.2) is 16.1 Å². The Hall–Kier alpha value is -1.48. The smallest absolute Gasteiger partial charge is 0.0643 e. The molecule has 2 heterocycles. The van der Waals surface area contributed by atoms with Crippen LogP contribution in [0, 0.1) is 0 Å². The minimum Gasteiger partial charge on any atom is -0.357 e. The van der Waals surface area contributed by atoms with Gasteiger partial charge in [0.1, 0.15) is 0 Å². The van der Waals surface area contributed by atoms with Crippen molar-refractivity contribution in [2.24, 2.45) is 12.8 Å². The Balaban J connectivity index is 2.29. The highest BCUT2D eigenvalue weighted by Crippen LogP contribution is 2.18. The van der Waals surface area contributed by atoms with Crippen LogP contribution in [-0.2, 0) is 13.5 Å². The number of rotatable bonds is 3. The van der Waals surface area contributed by atoms with Crippen LogP contribution in [0.2, 0.25) is 0 Å². The van der Waals surface area contributed by atoms with Crippen molar-refractivity contribution >= 4 is 0 Å². The van der Waals surface area contributed by atoms with Crippen molar-refractivity contribution in [1.29, 1.82) is 0 Å². The van der Waals surface area contributed by atoms with E-state index in [9.17, 15) is 0 Å². The first-order valence-electron chi connectivity index (χ1n) is 4.81. The van der Waals surface area contributed by atoms with Gasteiger partial charge in [0, 0.05) is 18.9 Å². The monoisotopic (exact) mass is 189 g/mol. The molecule has 3 N–H and O–H groups in total. The molecule has 0 radical (unpaired) electrons. The van der Waals surface area contributed by atoms with Crippen molar-refractivity contribution in [3.63, 3.8) is 0 Å². The van der Waals surface area contributed by atoms with Gasteiger partial charge >= 0.3 is 0 Å². The highest BCUT2D eigenvalue weighted by molar-refractivity contribution is 5.56. The molecule has 0 saturated carbocycles. The molecule has 0 aliphatic heterocycles. The predicted octanol–water partition coefficient (Wildman–Crippen LogP) is 1.52. The summed E-state index contributed by atoms with van der Waals surface area (Å²) in [6.45, 7) is 0.688. The molecular weight excluding hydrogens is 174 g/mol. The molecule has 2 aromatic heterocycles. The van der Waals surface area contributed by atoms with E-state index < -0.39 is 0 Å². The number of hydrogen-bond donors (Lipinski definition) is 2. The van der Waals surface area contributed by atoms with Crippen LogP contribution >= 0.6 is 0 Å². The second-order valence-electron chi connectivity index (χ2n) is 3.44. The summed E-state index contributed by atoms with van der Waals surface area (Å²) in [5, 5.41) is 0. The topological polar surface area (TPSA) is 46.7 Å². The molecule has 0 amide bonds. The summed E-state index contributed by atoms with van der Waals surface area (Å²) in [5.74, 6) is 0. The zero-order valence-corrected chi connectivity index (χ0v) is 8.33.